The summed E-state index contributed by atoms with van der Waals surface area (Å²) in [6, 6.07) is 9.68. The molecule has 1 aliphatic rings. The molecule has 0 atom stereocenters. The number of fused-ring (bicyclic) bond motifs is 1. The molecule has 6 heteroatoms. The molecule has 0 N–H and O–H groups in total. The summed E-state index contributed by atoms with van der Waals surface area (Å²) in [6.07, 6.45) is 6.20. The van der Waals surface area contributed by atoms with Crippen LogP contribution in [0.3, 0.4) is 0 Å². The van der Waals surface area contributed by atoms with Crippen molar-refractivity contribution in [3.63, 3.8) is 0 Å². The molecule has 0 saturated heterocycles. The van der Waals surface area contributed by atoms with E-state index in [2.05, 4.69) is 51.0 Å². The molecule has 0 fully saturated rings. The van der Waals surface area contributed by atoms with E-state index in [0.717, 1.165) is 35.5 Å². The number of pyridine rings is 1. The van der Waals surface area contributed by atoms with E-state index in [1.807, 2.05) is 34.5 Å². The van der Waals surface area contributed by atoms with E-state index in [9.17, 15) is 4.79 Å². The number of amides is 1. The Balaban J connectivity index is 1.40. The van der Waals surface area contributed by atoms with Gasteiger partial charge in [0.15, 0.2) is 5.76 Å². The topological polar surface area (TPSA) is 55.6 Å². The number of benzene rings is 1. The zero-order chi connectivity index (χ0) is 26.2. The quantitative estimate of drug-likeness (QED) is 0.262. The van der Waals surface area contributed by atoms with Crippen LogP contribution < -0.4 is 4.74 Å². The highest BCUT2D eigenvalue weighted by Gasteiger charge is 2.31. The molecule has 3 aromatic heterocycles. The van der Waals surface area contributed by atoms with Crippen molar-refractivity contribution in [2.45, 2.75) is 72.6 Å². The van der Waals surface area contributed by atoms with E-state index in [-0.39, 0.29) is 11.5 Å². The van der Waals surface area contributed by atoms with E-state index in [4.69, 9.17) is 9.15 Å². The Hall–Kier alpha value is -3.38. The number of ether oxygens (including phenoxy) is 1. The Bertz CT molecular complexity index is 1400. The van der Waals surface area contributed by atoms with Crippen LogP contribution in [0.5, 0.6) is 5.75 Å². The van der Waals surface area contributed by atoms with Gasteiger partial charge in [-0.05, 0) is 121 Å². The van der Waals surface area contributed by atoms with Crippen LogP contribution in [0.1, 0.15) is 75.5 Å². The maximum Gasteiger partial charge on any atom is 0.290 e. The van der Waals surface area contributed by atoms with Crippen LogP contribution in [-0.4, -0.2) is 21.4 Å². The van der Waals surface area contributed by atoms with E-state index in [1.54, 1.807) is 23.7 Å². The smallest absolute Gasteiger partial charge is 0.290 e. The highest BCUT2D eigenvalue weighted by Crippen LogP contribution is 2.41. The third-order valence-corrected chi connectivity index (χ3v) is 8.18. The lowest BCUT2D eigenvalue weighted by molar-refractivity contribution is 0.0696. The number of carbonyl (C=O) groups excluding carboxylic acids is 1. The molecule has 0 radical (unpaired) electrons. The molecular formula is C31H34N2O3S. The molecule has 0 saturated carbocycles. The fraction of sp³-hybridized carbons (Fsp3) is 0.355. The third kappa shape index (κ3) is 5.35. The van der Waals surface area contributed by atoms with Gasteiger partial charge in [0.2, 0.25) is 0 Å². The molecular weight excluding hydrogens is 480 g/mol. The summed E-state index contributed by atoms with van der Waals surface area (Å²) in [5.41, 5.74) is 8.22. The van der Waals surface area contributed by atoms with Crippen LogP contribution in [0.15, 0.2) is 57.9 Å². The second-order valence-electron chi connectivity index (χ2n) is 10.6. The summed E-state index contributed by atoms with van der Waals surface area (Å²) in [6.45, 7) is 11.8. The van der Waals surface area contributed by atoms with Gasteiger partial charge in [0.05, 0.1) is 0 Å². The first-order valence-electron chi connectivity index (χ1n) is 12.8. The molecule has 1 amide bonds. The average molecular weight is 515 g/mol. The van der Waals surface area contributed by atoms with Crippen molar-refractivity contribution in [2.24, 2.45) is 0 Å². The van der Waals surface area contributed by atoms with Crippen molar-refractivity contribution < 1.29 is 13.9 Å². The number of furan rings is 1. The number of aromatic nitrogens is 1. The van der Waals surface area contributed by atoms with E-state index in [1.165, 1.54) is 27.8 Å². The van der Waals surface area contributed by atoms with Gasteiger partial charge in [0.25, 0.3) is 5.91 Å². The first-order chi connectivity index (χ1) is 17.7. The van der Waals surface area contributed by atoms with Gasteiger partial charge in [-0.15, -0.1) is 0 Å². The van der Waals surface area contributed by atoms with Gasteiger partial charge in [0, 0.05) is 31.9 Å². The Morgan fingerprint density at radius 2 is 1.86 bits per heavy atom. The van der Waals surface area contributed by atoms with Crippen LogP contribution in [-0.2, 0) is 25.9 Å². The minimum Gasteiger partial charge on any atom is -0.487 e. The third-order valence-electron chi connectivity index (χ3n) is 7.45. The Kier molecular flexibility index (Phi) is 6.95. The minimum atomic E-state index is -0.140. The largest absolute Gasteiger partial charge is 0.487 e. The number of hydrogen-bond donors (Lipinski definition) is 0. The number of hydrogen-bond acceptors (Lipinski definition) is 5. The van der Waals surface area contributed by atoms with Crippen molar-refractivity contribution in [1.29, 1.82) is 0 Å². The molecule has 5 nitrogen and oxygen atoms in total. The first kappa shape index (κ1) is 25.3. The van der Waals surface area contributed by atoms with Crippen LogP contribution in [0, 0.1) is 20.8 Å². The van der Waals surface area contributed by atoms with Gasteiger partial charge < -0.3 is 14.1 Å². The lowest BCUT2D eigenvalue weighted by Crippen LogP contribution is -2.33. The van der Waals surface area contributed by atoms with Crippen molar-refractivity contribution in [3.8, 4) is 5.75 Å². The predicted octanol–water partition coefficient (Wildman–Crippen LogP) is 7.20. The number of thiophene rings is 1. The van der Waals surface area contributed by atoms with Gasteiger partial charge >= 0.3 is 0 Å². The summed E-state index contributed by atoms with van der Waals surface area (Å²) >= 11 is 1.63. The molecule has 0 bridgehead atoms. The summed E-state index contributed by atoms with van der Waals surface area (Å²) in [5.74, 6) is 2.09. The first-order valence-corrected chi connectivity index (χ1v) is 13.7. The molecule has 192 valence electrons. The van der Waals surface area contributed by atoms with Crippen molar-refractivity contribution in [1.82, 2.24) is 9.88 Å². The monoisotopic (exact) mass is 514 g/mol. The second-order valence-corrected chi connectivity index (χ2v) is 11.4. The molecule has 0 spiro atoms. The van der Waals surface area contributed by atoms with E-state index in [0.29, 0.717) is 25.3 Å². The summed E-state index contributed by atoms with van der Waals surface area (Å²) in [7, 11) is 0. The highest BCUT2D eigenvalue weighted by atomic mass is 32.1. The number of rotatable bonds is 7. The molecule has 0 unspecified atom stereocenters. The van der Waals surface area contributed by atoms with Crippen molar-refractivity contribution in [2.75, 3.05) is 0 Å². The van der Waals surface area contributed by atoms with E-state index >= 15 is 0 Å². The molecule has 1 aromatic carbocycles. The molecule has 1 aliphatic heterocycles. The Labute approximate surface area is 223 Å². The van der Waals surface area contributed by atoms with Crippen molar-refractivity contribution in [3.05, 3.63) is 104 Å². The minimum absolute atomic E-state index is 0.119. The van der Waals surface area contributed by atoms with Crippen LogP contribution >= 0.6 is 11.3 Å². The standard InChI is InChI=1S/C31H34N2O3S/c1-20-21(2)29-26(10-12-31(4,5)36-29)22(3)27(20)15-25-8-9-28(35-25)30(34)33(18-24-11-14-37-19-24)17-23-7-6-13-32-16-23/h6-9,11,13-14,16,19H,10,12,15,17-18H2,1-5H3. The Morgan fingerprint density at radius 3 is 2.59 bits per heavy atom. The number of carbonyl (C=O) groups is 1. The summed E-state index contributed by atoms with van der Waals surface area (Å²) in [4.78, 5) is 19.6. The molecule has 5 rings (SSSR count). The maximum atomic E-state index is 13.6. The second kappa shape index (κ2) is 10.2. The van der Waals surface area contributed by atoms with Gasteiger partial charge in [-0.1, -0.05) is 6.07 Å². The maximum absolute atomic E-state index is 13.6. The van der Waals surface area contributed by atoms with Crippen LogP contribution in [0.2, 0.25) is 0 Å². The number of nitrogens with zero attached hydrogens (tertiary/aromatic N) is 2. The lowest BCUT2D eigenvalue weighted by atomic mass is 9.84. The van der Waals surface area contributed by atoms with Crippen LogP contribution in [0.4, 0.5) is 0 Å². The summed E-state index contributed by atoms with van der Waals surface area (Å²) in [5, 5.41) is 4.11. The molecule has 0 aliphatic carbocycles. The highest BCUT2D eigenvalue weighted by molar-refractivity contribution is 7.07. The van der Waals surface area contributed by atoms with E-state index < -0.39 is 0 Å². The van der Waals surface area contributed by atoms with Crippen molar-refractivity contribution >= 4 is 17.2 Å². The van der Waals surface area contributed by atoms with Gasteiger partial charge in [0.1, 0.15) is 17.1 Å². The zero-order valence-corrected chi connectivity index (χ0v) is 23.1. The SMILES string of the molecule is Cc1c(C)c2c(c(C)c1Cc1ccc(C(=O)N(Cc3cccnc3)Cc3ccsc3)o1)CCC(C)(C)O2. The average Bonchev–Trinajstić information content (AvgIpc) is 3.57. The molecule has 4 heterocycles. The lowest BCUT2D eigenvalue weighted by Gasteiger charge is -2.35. The summed E-state index contributed by atoms with van der Waals surface area (Å²) < 4.78 is 12.6. The predicted molar refractivity (Wildman–Crippen MR) is 147 cm³/mol. The van der Waals surface area contributed by atoms with Gasteiger partial charge in [-0.2, -0.15) is 11.3 Å². The normalized spacial score (nSPS) is 14.2. The molecule has 37 heavy (non-hydrogen) atoms. The fourth-order valence-corrected chi connectivity index (χ4v) is 5.81. The van der Waals surface area contributed by atoms with Gasteiger partial charge in [-0.3, -0.25) is 9.78 Å². The van der Waals surface area contributed by atoms with Gasteiger partial charge in [-0.25, -0.2) is 0 Å². The van der Waals surface area contributed by atoms with Crippen LogP contribution in [0.25, 0.3) is 0 Å². The Morgan fingerprint density at radius 1 is 1.05 bits per heavy atom. The fourth-order valence-electron chi connectivity index (χ4n) is 5.15. The molecule has 4 aromatic rings. The zero-order valence-electron chi connectivity index (χ0n) is 22.3.